The Morgan fingerprint density at radius 1 is 0.341 bits per heavy atom. The van der Waals surface area contributed by atoms with Gasteiger partial charge in [0.15, 0.2) is 17.5 Å². The number of fused-ring (bicyclic) bond motifs is 5. The maximum atomic E-state index is 6.13. The van der Waals surface area contributed by atoms with Crippen LogP contribution in [0.2, 0.25) is 0 Å². The Hall–Kier alpha value is -5.61. The number of benzene rings is 6. The van der Waals surface area contributed by atoms with E-state index >= 15 is 0 Å². The van der Waals surface area contributed by atoms with Crippen LogP contribution in [0.5, 0.6) is 0 Å². The predicted octanol–water partition coefficient (Wildman–Crippen LogP) is 9.59. The molecule has 0 saturated heterocycles. The molecule has 0 bridgehead atoms. The van der Waals surface area contributed by atoms with Gasteiger partial charge in [0.05, 0.1) is 0 Å². The van der Waals surface area contributed by atoms with Crippen LogP contribution in [0, 0.1) is 0 Å². The van der Waals surface area contributed by atoms with Gasteiger partial charge in [-0.1, -0.05) is 127 Å². The molecule has 0 unspecified atom stereocenters. The fourth-order valence-electron chi connectivity index (χ4n) is 5.57. The predicted molar refractivity (Wildman–Crippen MR) is 166 cm³/mol. The highest BCUT2D eigenvalue weighted by Gasteiger charge is 2.14. The summed E-state index contributed by atoms with van der Waals surface area (Å²) in [5, 5.41) is 4.67. The second kappa shape index (κ2) is 9.54. The fourth-order valence-corrected chi connectivity index (χ4v) is 5.57. The van der Waals surface area contributed by atoms with Gasteiger partial charge in [0.2, 0.25) is 0 Å². The van der Waals surface area contributed by atoms with Crippen molar-refractivity contribution in [2.45, 2.75) is 0 Å². The molecule has 0 aliphatic heterocycles. The van der Waals surface area contributed by atoms with Gasteiger partial charge in [0.25, 0.3) is 0 Å². The van der Waals surface area contributed by atoms with Gasteiger partial charge in [0.1, 0.15) is 11.2 Å². The van der Waals surface area contributed by atoms with E-state index in [9.17, 15) is 0 Å². The number of aromatic nitrogens is 3. The fraction of sp³-hybridized carbons (Fsp3) is 0. The van der Waals surface area contributed by atoms with Crippen molar-refractivity contribution >= 4 is 32.7 Å². The lowest BCUT2D eigenvalue weighted by Gasteiger charge is -2.10. The van der Waals surface area contributed by atoms with Crippen LogP contribution < -0.4 is 0 Å². The smallest absolute Gasteiger partial charge is 0.164 e. The summed E-state index contributed by atoms with van der Waals surface area (Å²) in [6.45, 7) is 0. The lowest BCUT2D eigenvalue weighted by molar-refractivity contribution is 0.669. The van der Waals surface area contributed by atoms with E-state index in [0.717, 1.165) is 44.2 Å². The van der Waals surface area contributed by atoms with Crippen LogP contribution in [0.3, 0.4) is 0 Å². The van der Waals surface area contributed by atoms with E-state index in [0.29, 0.717) is 17.5 Å². The van der Waals surface area contributed by atoms with Crippen LogP contribution in [0.4, 0.5) is 0 Å². The first-order chi connectivity index (χ1) is 20.3. The first-order valence-electron chi connectivity index (χ1n) is 13.6. The van der Waals surface area contributed by atoms with Crippen molar-refractivity contribution in [1.82, 2.24) is 15.0 Å². The Kier molecular flexibility index (Phi) is 5.42. The molecule has 0 atom stereocenters. The van der Waals surface area contributed by atoms with Crippen LogP contribution in [0.15, 0.2) is 144 Å². The molecule has 4 nitrogen and oxygen atoms in total. The molecule has 41 heavy (non-hydrogen) atoms. The molecule has 0 saturated carbocycles. The standard InChI is InChI=1S/C37H23N3O/c1-3-10-25(11-4-1)35-38-36(26-12-5-2-6-13-26)40-37(39-35)27-20-18-24(19-21-27)28-15-9-16-30-29(28)22-23-33-34(30)31-14-7-8-17-32(31)41-33/h1-23H. The number of hydrogen-bond donors (Lipinski definition) is 0. The van der Waals surface area contributed by atoms with Gasteiger partial charge in [-0.25, -0.2) is 15.0 Å². The summed E-state index contributed by atoms with van der Waals surface area (Å²) in [6, 6.07) is 47.5. The molecule has 0 aliphatic carbocycles. The minimum absolute atomic E-state index is 0.647. The number of rotatable bonds is 4. The van der Waals surface area contributed by atoms with Crippen molar-refractivity contribution in [2.75, 3.05) is 0 Å². The number of nitrogens with zero attached hydrogens (tertiary/aromatic N) is 3. The van der Waals surface area contributed by atoms with Crippen LogP contribution in [-0.2, 0) is 0 Å². The van der Waals surface area contributed by atoms with E-state index in [-0.39, 0.29) is 0 Å². The molecule has 0 spiro atoms. The van der Waals surface area contributed by atoms with E-state index < -0.39 is 0 Å². The maximum absolute atomic E-state index is 6.13. The van der Waals surface area contributed by atoms with E-state index in [4.69, 9.17) is 19.4 Å². The van der Waals surface area contributed by atoms with Gasteiger partial charge < -0.3 is 4.42 Å². The van der Waals surface area contributed by atoms with Crippen LogP contribution in [0.25, 0.3) is 78.0 Å². The summed E-state index contributed by atoms with van der Waals surface area (Å²) in [5.74, 6) is 1.96. The molecule has 6 aromatic carbocycles. The second-order valence-electron chi connectivity index (χ2n) is 10.1. The Morgan fingerprint density at radius 2 is 0.878 bits per heavy atom. The second-order valence-corrected chi connectivity index (χ2v) is 10.1. The molecule has 0 fully saturated rings. The molecule has 8 aromatic rings. The van der Waals surface area contributed by atoms with Crippen molar-refractivity contribution < 1.29 is 4.42 Å². The number of para-hydroxylation sites is 1. The molecule has 0 aliphatic rings. The summed E-state index contributed by atoms with van der Waals surface area (Å²) >= 11 is 0. The SMILES string of the molecule is c1ccc(-c2nc(-c3ccccc3)nc(-c3ccc(-c4cccc5c4ccc4oc6ccccc6c45)cc3)n2)cc1. The van der Waals surface area contributed by atoms with E-state index in [2.05, 4.69) is 66.7 Å². The molecule has 192 valence electrons. The van der Waals surface area contributed by atoms with Gasteiger partial charge in [0, 0.05) is 27.5 Å². The Bertz CT molecular complexity index is 2130. The normalized spacial score (nSPS) is 11.4. The minimum Gasteiger partial charge on any atom is -0.456 e. The maximum Gasteiger partial charge on any atom is 0.164 e. The molecule has 0 N–H and O–H groups in total. The lowest BCUT2D eigenvalue weighted by atomic mass is 9.95. The summed E-state index contributed by atoms with van der Waals surface area (Å²) in [4.78, 5) is 14.6. The Balaban J connectivity index is 1.24. The third kappa shape index (κ3) is 4.05. The van der Waals surface area contributed by atoms with Crippen LogP contribution in [-0.4, -0.2) is 15.0 Å². The highest BCUT2D eigenvalue weighted by Crippen LogP contribution is 2.38. The topological polar surface area (TPSA) is 51.8 Å². The van der Waals surface area contributed by atoms with E-state index in [1.807, 2.05) is 72.8 Å². The minimum atomic E-state index is 0.647. The lowest BCUT2D eigenvalue weighted by Crippen LogP contribution is -2.00. The third-order valence-corrected chi connectivity index (χ3v) is 7.55. The van der Waals surface area contributed by atoms with Crippen LogP contribution in [0.1, 0.15) is 0 Å². The molecule has 0 amide bonds. The molecular formula is C37H23N3O. The van der Waals surface area contributed by atoms with Gasteiger partial charge in [-0.3, -0.25) is 0 Å². The van der Waals surface area contributed by atoms with Crippen molar-refractivity contribution in [3.63, 3.8) is 0 Å². The van der Waals surface area contributed by atoms with Gasteiger partial charge >= 0.3 is 0 Å². The molecule has 2 heterocycles. The highest BCUT2D eigenvalue weighted by atomic mass is 16.3. The van der Waals surface area contributed by atoms with E-state index in [1.165, 1.54) is 16.3 Å². The quantitative estimate of drug-likeness (QED) is 0.230. The zero-order chi connectivity index (χ0) is 27.2. The van der Waals surface area contributed by atoms with Crippen LogP contribution >= 0.6 is 0 Å². The average Bonchev–Trinajstić information content (AvgIpc) is 3.44. The van der Waals surface area contributed by atoms with Gasteiger partial charge in [-0.15, -0.1) is 0 Å². The summed E-state index contributed by atoms with van der Waals surface area (Å²) in [7, 11) is 0. The first kappa shape index (κ1) is 23.3. The number of furan rings is 1. The molecule has 4 heteroatoms. The largest absolute Gasteiger partial charge is 0.456 e. The summed E-state index contributed by atoms with van der Waals surface area (Å²) in [6.07, 6.45) is 0. The summed E-state index contributed by atoms with van der Waals surface area (Å²) in [5.41, 5.74) is 6.97. The third-order valence-electron chi connectivity index (χ3n) is 7.55. The van der Waals surface area contributed by atoms with Crippen molar-refractivity contribution in [1.29, 1.82) is 0 Å². The monoisotopic (exact) mass is 525 g/mol. The summed E-state index contributed by atoms with van der Waals surface area (Å²) < 4.78 is 6.13. The first-order valence-corrected chi connectivity index (χ1v) is 13.6. The number of hydrogen-bond acceptors (Lipinski definition) is 4. The molecule has 8 rings (SSSR count). The van der Waals surface area contributed by atoms with Gasteiger partial charge in [-0.2, -0.15) is 0 Å². The van der Waals surface area contributed by atoms with Gasteiger partial charge in [-0.05, 0) is 34.0 Å². The van der Waals surface area contributed by atoms with Crippen molar-refractivity contribution in [2.24, 2.45) is 0 Å². The molecule has 0 radical (unpaired) electrons. The Morgan fingerprint density at radius 3 is 1.54 bits per heavy atom. The van der Waals surface area contributed by atoms with Crippen molar-refractivity contribution in [3.8, 4) is 45.3 Å². The zero-order valence-corrected chi connectivity index (χ0v) is 22.0. The molecular weight excluding hydrogens is 502 g/mol. The van der Waals surface area contributed by atoms with Crippen molar-refractivity contribution in [3.05, 3.63) is 140 Å². The Labute approximate surface area is 236 Å². The average molecular weight is 526 g/mol. The zero-order valence-electron chi connectivity index (χ0n) is 22.0. The van der Waals surface area contributed by atoms with E-state index in [1.54, 1.807) is 0 Å². The highest BCUT2D eigenvalue weighted by molar-refractivity contribution is 6.20. The molecule has 2 aromatic heterocycles.